The highest BCUT2D eigenvalue weighted by molar-refractivity contribution is 9.11. The van der Waals surface area contributed by atoms with E-state index in [1.54, 1.807) is 18.2 Å². The van der Waals surface area contributed by atoms with Gasteiger partial charge in [0.15, 0.2) is 17.2 Å². The molecule has 0 saturated heterocycles. The number of benzene rings is 3. The molecule has 0 fully saturated rings. The highest BCUT2D eigenvalue weighted by atomic mass is 79.9. The molecule has 3 aromatic carbocycles. The van der Waals surface area contributed by atoms with Crippen molar-refractivity contribution in [3.8, 4) is 17.2 Å². The van der Waals surface area contributed by atoms with Crippen molar-refractivity contribution in [3.05, 3.63) is 84.7 Å². The number of para-hydroxylation sites is 3. The summed E-state index contributed by atoms with van der Waals surface area (Å²) in [4.78, 5) is 0. The van der Waals surface area contributed by atoms with Gasteiger partial charge >= 0.3 is 7.82 Å². The number of hydrogen-bond donors (Lipinski definition) is 0. The second kappa shape index (κ2) is 9.25. The summed E-state index contributed by atoms with van der Waals surface area (Å²) in [6.45, 7) is 5.58. The van der Waals surface area contributed by atoms with Gasteiger partial charge in [-0.05, 0) is 103 Å². The Bertz CT molecular complexity index is 904. The number of halogens is 3. The van der Waals surface area contributed by atoms with Gasteiger partial charge in [-0.2, -0.15) is 4.57 Å². The fraction of sp³-hybridized carbons (Fsp3) is 0.143. The predicted octanol–water partition coefficient (Wildman–Crippen LogP) is 8.54. The van der Waals surface area contributed by atoms with E-state index in [1.165, 1.54) is 0 Å². The van der Waals surface area contributed by atoms with Crippen molar-refractivity contribution < 1.29 is 18.1 Å². The van der Waals surface area contributed by atoms with Gasteiger partial charge in [-0.3, -0.25) is 0 Å². The third kappa shape index (κ3) is 5.26. The van der Waals surface area contributed by atoms with Crippen LogP contribution in [0.5, 0.6) is 17.2 Å². The first-order valence-corrected chi connectivity index (χ1v) is 12.5. The highest BCUT2D eigenvalue weighted by Crippen LogP contribution is 2.54. The molecule has 0 aliphatic heterocycles. The molecule has 3 rings (SSSR count). The molecule has 0 radical (unpaired) electrons. The number of phosphoric acid groups is 1. The van der Waals surface area contributed by atoms with Crippen LogP contribution in [-0.4, -0.2) is 0 Å². The summed E-state index contributed by atoms with van der Waals surface area (Å²) in [7, 11) is -4.14. The van der Waals surface area contributed by atoms with Crippen molar-refractivity contribution in [2.75, 3.05) is 0 Å². The van der Waals surface area contributed by atoms with Gasteiger partial charge < -0.3 is 13.6 Å². The topological polar surface area (TPSA) is 44.8 Å². The summed E-state index contributed by atoms with van der Waals surface area (Å²) < 4.78 is 33.6. The number of hydrogen-bond acceptors (Lipinski definition) is 4. The monoisotopic (exact) mass is 602 g/mol. The quantitative estimate of drug-likeness (QED) is 0.265. The highest BCUT2D eigenvalue weighted by Gasteiger charge is 2.36. The average molecular weight is 605 g/mol. The van der Waals surface area contributed by atoms with E-state index in [2.05, 4.69) is 47.8 Å². The van der Waals surface area contributed by atoms with Crippen LogP contribution in [0.3, 0.4) is 0 Å². The van der Waals surface area contributed by atoms with E-state index in [0.717, 1.165) is 16.7 Å². The van der Waals surface area contributed by atoms with Gasteiger partial charge in [0.1, 0.15) is 0 Å². The molecular formula is C21H18Br3O4P. The molecule has 0 N–H and O–H groups in total. The molecule has 0 aliphatic rings. The Morgan fingerprint density at radius 1 is 0.586 bits per heavy atom. The normalized spacial score (nSPS) is 11.2. The molecule has 0 saturated carbocycles. The Balaban J connectivity index is 2.09. The third-order valence-corrected chi connectivity index (χ3v) is 7.19. The lowest BCUT2D eigenvalue weighted by Crippen LogP contribution is -2.10. The van der Waals surface area contributed by atoms with Crippen molar-refractivity contribution in [2.45, 2.75) is 20.8 Å². The summed E-state index contributed by atoms with van der Waals surface area (Å²) in [5, 5.41) is 0. The molecule has 0 atom stereocenters. The zero-order valence-electron chi connectivity index (χ0n) is 15.9. The summed E-state index contributed by atoms with van der Waals surface area (Å²) in [6.07, 6.45) is 0. The van der Waals surface area contributed by atoms with Crippen molar-refractivity contribution >= 4 is 55.6 Å². The fourth-order valence-electron chi connectivity index (χ4n) is 2.59. The lowest BCUT2D eigenvalue weighted by Gasteiger charge is -2.23. The van der Waals surface area contributed by atoms with Crippen molar-refractivity contribution in [1.29, 1.82) is 0 Å². The van der Waals surface area contributed by atoms with Crippen LogP contribution in [0.15, 0.2) is 68.0 Å². The molecule has 29 heavy (non-hydrogen) atoms. The van der Waals surface area contributed by atoms with E-state index in [0.29, 0.717) is 30.7 Å². The lowest BCUT2D eigenvalue weighted by molar-refractivity contribution is 0.294. The largest absolute Gasteiger partial charge is 0.647 e. The Labute approximate surface area is 195 Å². The molecule has 8 heteroatoms. The Morgan fingerprint density at radius 3 is 1.10 bits per heavy atom. The van der Waals surface area contributed by atoms with Gasteiger partial charge in [-0.1, -0.05) is 36.4 Å². The van der Waals surface area contributed by atoms with Gasteiger partial charge in [0.05, 0.1) is 13.4 Å². The molecule has 0 aliphatic carbocycles. The molecule has 0 unspecified atom stereocenters. The first-order chi connectivity index (χ1) is 13.7. The van der Waals surface area contributed by atoms with Gasteiger partial charge in [0.2, 0.25) is 0 Å². The van der Waals surface area contributed by atoms with Crippen LogP contribution in [0.2, 0.25) is 0 Å². The summed E-state index contributed by atoms with van der Waals surface area (Å²) >= 11 is 10.4. The number of rotatable bonds is 6. The Kier molecular flexibility index (Phi) is 7.15. The van der Waals surface area contributed by atoms with Crippen LogP contribution in [-0.2, 0) is 4.57 Å². The van der Waals surface area contributed by atoms with Crippen LogP contribution in [0.1, 0.15) is 16.7 Å². The average Bonchev–Trinajstić information content (AvgIpc) is 2.65. The zero-order chi connectivity index (χ0) is 21.2. The molecule has 152 valence electrons. The maximum atomic E-state index is 13.9. The van der Waals surface area contributed by atoms with E-state index in [4.69, 9.17) is 13.6 Å². The molecule has 0 aromatic heterocycles. The van der Waals surface area contributed by atoms with Crippen LogP contribution in [0.25, 0.3) is 0 Å². The maximum absolute atomic E-state index is 13.9. The predicted molar refractivity (Wildman–Crippen MR) is 126 cm³/mol. The minimum atomic E-state index is -4.14. The summed E-state index contributed by atoms with van der Waals surface area (Å²) in [6, 6.07) is 16.6. The maximum Gasteiger partial charge on any atom is 0.647 e. The molecular weight excluding hydrogens is 587 g/mol. The van der Waals surface area contributed by atoms with Crippen molar-refractivity contribution in [3.63, 3.8) is 0 Å². The molecule has 0 heterocycles. The first-order valence-electron chi connectivity index (χ1n) is 8.64. The van der Waals surface area contributed by atoms with Crippen molar-refractivity contribution in [2.24, 2.45) is 0 Å². The van der Waals surface area contributed by atoms with Gasteiger partial charge in [-0.15, -0.1) is 0 Å². The molecule has 4 nitrogen and oxygen atoms in total. The van der Waals surface area contributed by atoms with Crippen LogP contribution < -0.4 is 13.6 Å². The number of phosphoric ester groups is 1. The second-order valence-electron chi connectivity index (χ2n) is 6.38. The van der Waals surface area contributed by atoms with Crippen LogP contribution >= 0.6 is 55.6 Å². The molecule has 0 amide bonds. The molecule has 0 bridgehead atoms. The van der Waals surface area contributed by atoms with Crippen LogP contribution in [0, 0.1) is 20.8 Å². The van der Waals surface area contributed by atoms with E-state index in [-0.39, 0.29) is 0 Å². The third-order valence-electron chi connectivity index (χ3n) is 4.10. The van der Waals surface area contributed by atoms with E-state index in [1.807, 2.05) is 57.2 Å². The minimum Gasteiger partial charge on any atom is -0.384 e. The van der Waals surface area contributed by atoms with E-state index >= 15 is 0 Å². The van der Waals surface area contributed by atoms with Gasteiger partial charge in [0, 0.05) is 0 Å². The SMILES string of the molecule is Cc1cccc(Br)c1OP(=O)(Oc1c(C)cccc1Br)Oc1c(C)cccc1Br. The lowest BCUT2D eigenvalue weighted by atomic mass is 10.2. The smallest absolute Gasteiger partial charge is 0.384 e. The second-order valence-corrected chi connectivity index (χ2v) is 10.4. The Hall–Kier alpha value is -1.27. The van der Waals surface area contributed by atoms with E-state index < -0.39 is 7.82 Å². The standard InChI is InChI=1S/C21H18Br3O4P/c1-13-7-4-10-16(22)19(13)26-29(25,27-20-14(2)8-5-11-17(20)23)28-21-15(3)9-6-12-18(21)24/h4-12H,1-3H3. The van der Waals surface area contributed by atoms with Crippen LogP contribution in [0.4, 0.5) is 0 Å². The first kappa shape index (κ1) is 22.4. The fourth-order valence-corrected chi connectivity index (χ4v) is 6.11. The van der Waals surface area contributed by atoms with E-state index in [9.17, 15) is 4.57 Å². The summed E-state index contributed by atoms with van der Waals surface area (Å²) in [5.41, 5.74) is 2.37. The number of aryl methyl sites for hydroxylation is 3. The summed E-state index contributed by atoms with van der Waals surface area (Å²) in [5.74, 6) is 1.18. The minimum absolute atomic E-state index is 0.394. The van der Waals surface area contributed by atoms with Crippen molar-refractivity contribution in [1.82, 2.24) is 0 Å². The van der Waals surface area contributed by atoms with Gasteiger partial charge in [0.25, 0.3) is 0 Å². The zero-order valence-corrected chi connectivity index (χ0v) is 21.6. The molecule has 0 spiro atoms. The molecule has 3 aromatic rings. The van der Waals surface area contributed by atoms with Gasteiger partial charge in [-0.25, -0.2) is 0 Å². The Morgan fingerprint density at radius 2 is 0.862 bits per heavy atom.